The molecule has 0 aliphatic rings. The van der Waals surface area contributed by atoms with Crippen molar-refractivity contribution < 1.29 is 14.3 Å². The number of carbonyl (C=O) groups is 1. The Labute approximate surface area is 138 Å². The van der Waals surface area contributed by atoms with Crippen LogP contribution in [0.15, 0.2) is 40.9 Å². The van der Waals surface area contributed by atoms with Crippen LogP contribution < -0.4 is 0 Å². The lowest BCUT2D eigenvalue weighted by atomic mass is 10.2. The molecule has 1 heterocycles. The lowest BCUT2D eigenvalue weighted by Gasteiger charge is -2.07. The van der Waals surface area contributed by atoms with E-state index in [-0.39, 0.29) is 11.6 Å². The summed E-state index contributed by atoms with van der Waals surface area (Å²) in [7, 11) is 0. The number of benzene rings is 2. The summed E-state index contributed by atoms with van der Waals surface area (Å²) in [4.78, 5) is 15.6. The highest BCUT2D eigenvalue weighted by molar-refractivity contribution is 9.10. The van der Waals surface area contributed by atoms with Gasteiger partial charge in [0.15, 0.2) is 0 Å². The van der Waals surface area contributed by atoms with Gasteiger partial charge in [0.05, 0.1) is 16.1 Å². The monoisotopic (exact) mass is 382 g/mol. The first-order chi connectivity index (χ1) is 10.5. The number of imidazole rings is 1. The number of hydrogen-bond acceptors (Lipinski definition) is 2. The van der Waals surface area contributed by atoms with Crippen molar-refractivity contribution in [2.24, 2.45) is 0 Å². The summed E-state index contributed by atoms with van der Waals surface area (Å²) in [5.74, 6) is -1.09. The average molecular weight is 384 g/mol. The smallest absolute Gasteiger partial charge is 0.323 e. The van der Waals surface area contributed by atoms with Gasteiger partial charge in [0.25, 0.3) is 0 Å². The van der Waals surface area contributed by atoms with Crippen molar-refractivity contribution in [1.29, 1.82) is 0 Å². The summed E-state index contributed by atoms with van der Waals surface area (Å²) >= 11 is 9.17. The van der Waals surface area contributed by atoms with Crippen LogP contribution in [-0.2, 0) is 11.3 Å². The number of hydrogen-bond donors (Lipinski definition) is 1. The van der Waals surface area contributed by atoms with Crippen molar-refractivity contribution in [1.82, 2.24) is 9.55 Å². The maximum absolute atomic E-state index is 13.3. The highest BCUT2D eigenvalue weighted by Gasteiger charge is 2.16. The molecule has 112 valence electrons. The molecule has 0 saturated heterocycles. The van der Waals surface area contributed by atoms with Gasteiger partial charge in [0, 0.05) is 10.0 Å². The predicted octanol–water partition coefficient (Wildman–Crippen LogP) is 4.34. The number of fused-ring (bicyclic) bond motifs is 1. The number of nitrogens with zero attached hydrogens (tertiary/aromatic N) is 2. The number of aromatic nitrogens is 2. The molecule has 0 radical (unpaired) electrons. The quantitative estimate of drug-likeness (QED) is 0.732. The summed E-state index contributed by atoms with van der Waals surface area (Å²) in [6.45, 7) is -0.248. The van der Waals surface area contributed by atoms with Gasteiger partial charge in [0.1, 0.15) is 18.2 Å². The highest BCUT2D eigenvalue weighted by atomic mass is 79.9. The molecule has 0 aliphatic heterocycles. The molecule has 0 unspecified atom stereocenters. The minimum atomic E-state index is -0.989. The summed E-state index contributed by atoms with van der Waals surface area (Å²) in [6.07, 6.45) is 0. The summed E-state index contributed by atoms with van der Waals surface area (Å²) in [5.41, 5.74) is 1.88. The Bertz CT molecular complexity index is 895. The van der Waals surface area contributed by atoms with Gasteiger partial charge < -0.3 is 9.67 Å². The molecule has 22 heavy (non-hydrogen) atoms. The third-order valence-corrected chi connectivity index (χ3v) is 3.96. The topological polar surface area (TPSA) is 55.1 Å². The van der Waals surface area contributed by atoms with E-state index in [0.29, 0.717) is 22.4 Å². The number of rotatable bonds is 3. The van der Waals surface area contributed by atoms with Gasteiger partial charge in [-0.25, -0.2) is 9.37 Å². The Kier molecular flexibility index (Phi) is 3.88. The van der Waals surface area contributed by atoms with Crippen LogP contribution in [-0.4, -0.2) is 20.6 Å². The van der Waals surface area contributed by atoms with Crippen LogP contribution in [0, 0.1) is 5.82 Å². The number of carboxylic acids is 1. The minimum Gasteiger partial charge on any atom is -0.480 e. The van der Waals surface area contributed by atoms with Crippen LogP contribution in [0.3, 0.4) is 0 Å². The van der Waals surface area contributed by atoms with E-state index in [1.54, 1.807) is 16.7 Å². The molecule has 0 aliphatic carbocycles. The predicted molar refractivity (Wildman–Crippen MR) is 85.5 cm³/mol. The van der Waals surface area contributed by atoms with E-state index in [4.69, 9.17) is 16.7 Å². The molecule has 0 amide bonds. The Hall–Kier alpha value is -1.92. The van der Waals surface area contributed by atoms with E-state index in [9.17, 15) is 9.18 Å². The SMILES string of the molecule is O=C(O)Cn1c(-c2ccc(F)c(Cl)c2)nc2cc(Br)ccc21. The first kappa shape index (κ1) is 15.0. The fourth-order valence-electron chi connectivity index (χ4n) is 2.25. The number of carboxylic acid groups (broad SMARTS) is 1. The van der Waals surface area contributed by atoms with Crippen LogP contribution >= 0.6 is 27.5 Å². The highest BCUT2D eigenvalue weighted by Crippen LogP contribution is 2.29. The summed E-state index contributed by atoms with van der Waals surface area (Å²) in [6, 6.07) is 9.58. The Morgan fingerprint density at radius 3 is 2.77 bits per heavy atom. The van der Waals surface area contributed by atoms with Crippen molar-refractivity contribution in [2.75, 3.05) is 0 Å². The zero-order chi connectivity index (χ0) is 15.9. The van der Waals surface area contributed by atoms with Crippen LogP contribution in [0.25, 0.3) is 22.4 Å². The zero-order valence-electron chi connectivity index (χ0n) is 11.1. The van der Waals surface area contributed by atoms with E-state index >= 15 is 0 Å². The second-order valence-corrected chi connectivity index (χ2v) is 6.00. The first-order valence-electron chi connectivity index (χ1n) is 6.28. The fourth-order valence-corrected chi connectivity index (χ4v) is 2.78. The second kappa shape index (κ2) is 5.70. The number of aliphatic carboxylic acids is 1. The maximum atomic E-state index is 13.3. The molecule has 2 aromatic carbocycles. The van der Waals surface area contributed by atoms with Crippen LogP contribution in [0.5, 0.6) is 0 Å². The lowest BCUT2D eigenvalue weighted by molar-refractivity contribution is -0.137. The maximum Gasteiger partial charge on any atom is 0.323 e. The third kappa shape index (κ3) is 2.71. The molecule has 3 aromatic rings. The molecule has 7 heteroatoms. The van der Waals surface area contributed by atoms with E-state index in [1.165, 1.54) is 18.2 Å². The van der Waals surface area contributed by atoms with Crippen molar-refractivity contribution >= 4 is 44.5 Å². The van der Waals surface area contributed by atoms with Crippen molar-refractivity contribution in [3.8, 4) is 11.4 Å². The second-order valence-electron chi connectivity index (χ2n) is 4.68. The van der Waals surface area contributed by atoms with Gasteiger partial charge in [-0.1, -0.05) is 27.5 Å². The molecule has 0 spiro atoms. The molecule has 4 nitrogen and oxygen atoms in total. The largest absolute Gasteiger partial charge is 0.480 e. The van der Waals surface area contributed by atoms with E-state index in [1.807, 2.05) is 6.07 Å². The van der Waals surface area contributed by atoms with Crippen molar-refractivity contribution in [3.05, 3.63) is 51.7 Å². The first-order valence-corrected chi connectivity index (χ1v) is 7.46. The third-order valence-electron chi connectivity index (χ3n) is 3.18. The van der Waals surface area contributed by atoms with Gasteiger partial charge in [-0.15, -0.1) is 0 Å². The lowest BCUT2D eigenvalue weighted by Crippen LogP contribution is -2.10. The van der Waals surface area contributed by atoms with Crippen LogP contribution in [0.1, 0.15) is 0 Å². The van der Waals surface area contributed by atoms with E-state index < -0.39 is 11.8 Å². The van der Waals surface area contributed by atoms with Crippen molar-refractivity contribution in [2.45, 2.75) is 6.54 Å². The zero-order valence-corrected chi connectivity index (χ0v) is 13.4. The normalized spacial score (nSPS) is 11.0. The van der Waals surface area contributed by atoms with E-state index in [2.05, 4.69) is 20.9 Å². The molecule has 0 saturated carbocycles. The molecular weight excluding hydrogens is 375 g/mol. The summed E-state index contributed by atoms with van der Waals surface area (Å²) in [5, 5.41) is 9.09. The minimum absolute atomic E-state index is 0.0346. The average Bonchev–Trinajstić information content (AvgIpc) is 2.79. The van der Waals surface area contributed by atoms with E-state index in [0.717, 1.165) is 4.47 Å². The molecule has 0 bridgehead atoms. The molecule has 1 N–H and O–H groups in total. The number of halogens is 3. The van der Waals surface area contributed by atoms with Crippen LogP contribution in [0.2, 0.25) is 5.02 Å². The molecule has 1 aromatic heterocycles. The Morgan fingerprint density at radius 2 is 2.09 bits per heavy atom. The van der Waals surface area contributed by atoms with Gasteiger partial charge in [-0.2, -0.15) is 0 Å². The standard InChI is InChI=1S/C15H9BrClFN2O2/c16-9-2-4-13-12(6-9)19-15(20(13)7-14(21)22)8-1-3-11(18)10(17)5-8/h1-6H,7H2,(H,21,22). The Morgan fingerprint density at radius 1 is 1.32 bits per heavy atom. The van der Waals surface area contributed by atoms with Gasteiger partial charge in [0.2, 0.25) is 0 Å². The van der Waals surface area contributed by atoms with Crippen LogP contribution in [0.4, 0.5) is 4.39 Å². The van der Waals surface area contributed by atoms with Gasteiger partial charge in [-0.3, -0.25) is 4.79 Å². The Balaban J connectivity index is 2.26. The van der Waals surface area contributed by atoms with Crippen molar-refractivity contribution in [3.63, 3.8) is 0 Å². The molecule has 3 rings (SSSR count). The fraction of sp³-hybridized carbons (Fsp3) is 0.0667. The molecular formula is C15H9BrClFN2O2. The van der Waals surface area contributed by atoms with Gasteiger partial charge >= 0.3 is 5.97 Å². The summed E-state index contributed by atoms with van der Waals surface area (Å²) < 4.78 is 15.7. The molecule has 0 fully saturated rings. The molecule has 0 atom stereocenters. The van der Waals surface area contributed by atoms with Gasteiger partial charge in [-0.05, 0) is 36.4 Å².